The Morgan fingerprint density at radius 3 is 2.77 bits per heavy atom. The fourth-order valence-electron chi connectivity index (χ4n) is 2.16. The predicted octanol–water partition coefficient (Wildman–Crippen LogP) is 2.49. The monoisotopic (exact) mass is 319 g/mol. The van der Waals surface area contributed by atoms with Crippen LogP contribution in [0.1, 0.15) is 30.1 Å². The summed E-state index contributed by atoms with van der Waals surface area (Å²) in [6.07, 6.45) is 1.48. The zero-order valence-corrected chi connectivity index (χ0v) is 13.4. The Morgan fingerprint density at radius 2 is 2.14 bits per heavy atom. The molecule has 5 nitrogen and oxygen atoms in total. The number of amides is 1. The Labute approximate surface area is 134 Å². The predicted molar refractivity (Wildman–Crippen MR) is 89.0 cm³/mol. The van der Waals surface area contributed by atoms with Gasteiger partial charge in [0.25, 0.3) is 0 Å². The Morgan fingerprint density at radius 1 is 1.36 bits per heavy atom. The number of carbonyl (C=O) groups excluding carboxylic acids is 1. The molecule has 1 amide bonds. The first-order chi connectivity index (χ1) is 10.7. The van der Waals surface area contributed by atoms with E-state index in [-0.39, 0.29) is 25.1 Å². The third-order valence-electron chi connectivity index (χ3n) is 3.23. The lowest BCUT2D eigenvalue weighted by Gasteiger charge is -2.18. The highest BCUT2D eigenvalue weighted by Gasteiger charge is 2.13. The van der Waals surface area contributed by atoms with Crippen LogP contribution in [-0.2, 0) is 4.79 Å². The van der Waals surface area contributed by atoms with E-state index in [0.29, 0.717) is 11.6 Å². The second-order valence-electron chi connectivity index (χ2n) is 5.05. The Bertz CT molecular complexity index is 586. The van der Waals surface area contributed by atoms with E-state index in [2.05, 4.69) is 15.6 Å². The number of aliphatic hydroxyl groups is 1. The van der Waals surface area contributed by atoms with Crippen LogP contribution in [0, 0.1) is 6.92 Å². The SMILES string of the molecule is Cc1csc(NC(=O)CNC(CCCO)c2ccccc2)n1. The first-order valence-electron chi connectivity index (χ1n) is 7.30. The second kappa shape index (κ2) is 8.63. The molecule has 1 heterocycles. The van der Waals surface area contributed by atoms with E-state index in [1.165, 1.54) is 11.3 Å². The zero-order chi connectivity index (χ0) is 15.8. The van der Waals surface area contributed by atoms with Gasteiger partial charge in [-0.25, -0.2) is 4.98 Å². The van der Waals surface area contributed by atoms with Crippen molar-refractivity contribution < 1.29 is 9.90 Å². The van der Waals surface area contributed by atoms with Gasteiger partial charge in [0.05, 0.1) is 12.2 Å². The largest absolute Gasteiger partial charge is 0.396 e. The number of hydrogen-bond acceptors (Lipinski definition) is 5. The van der Waals surface area contributed by atoms with Crippen molar-refractivity contribution in [2.24, 2.45) is 0 Å². The molecule has 22 heavy (non-hydrogen) atoms. The van der Waals surface area contributed by atoms with Crippen LogP contribution in [0.3, 0.4) is 0 Å². The molecule has 0 aliphatic carbocycles. The molecule has 0 aliphatic rings. The summed E-state index contributed by atoms with van der Waals surface area (Å²) in [5.74, 6) is -0.112. The topological polar surface area (TPSA) is 74.2 Å². The van der Waals surface area contributed by atoms with Crippen LogP contribution in [0.5, 0.6) is 0 Å². The first-order valence-corrected chi connectivity index (χ1v) is 8.18. The van der Waals surface area contributed by atoms with Gasteiger partial charge in [-0.1, -0.05) is 30.3 Å². The van der Waals surface area contributed by atoms with Crippen molar-refractivity contribution in [3.63, 3.8) is 0 Å². The minimum absolute atomic E-state index is 0.0529. The third kappa shape index (κ3) is 5.22. The molecule has 1 atom stereocenters. The maximum absolute atomic E-state index is 12.0. The quantitative estimate of drug-likeness (QED) is 0.699. The number of anilines is 1. The second-order valence-corrected chi connectivity index (χ2v) is 5.91. The van der Waals surface area contributed by atoms with E-state index in [0.717, 1.165) is 17.7 Å². The maximum atomic E-state index is 12.0. The molecule has 0 bridgehead atoms. The lowest BCUT2D eigenvalue weighted by molar-refractivity contribution is -0.115. The van der Waals surface area contributed by atoms with Crippen molar-refractivity contribution in [3.05, 3.63) is 47.0 Å². The van der Waals surface area contributed by atoms with Crippen molar-refractivity contribution >= 4 is 22.4 Å². The normalized spacial score (nSPS) is 12.1. The zero-order valence-electron chi connectivity index (χ0n) is 12.6. The molecule has 0 radical (unpaired) electrons. The van der Waals surface area contributed by atoms with Crippen LogP contribution in [0.25, 0.3) is 0 Å². The number of aromatic nitrogens is 1. The lowest BCUT2D eigenvalue weighted by atomic mass is 10.0. The molecular weight excluding hydrogens is 298 g/mol. The molecule has 2 rings (SSSR count). The van der Waals surface area contributed by atoms with Gasteiger partial charge in [0.1, 0.15) is 0 Å². The first kappa shape index (κ1) is 16.6. The van der Waals surface area contributed by atoms with Crippen LogP contribution in [0.4, 0.5) is 5.13 Å². The number of thiazole rings is 1. The summed E-state index contributed by atoms with van der Waals surface area (Å²) in [5, 5.41) is 17.6. The molecule has 6 heteroatoms. The van der Waals surface area contributed by atoms with E-state index >= 15 is 0 Å². The van der Waals surface area contributed by atoms with Crippen LogP contribution in [0.15, 0.2) is 35.7 Å². The average molecular weight is 319 g/mol. The van der Waals surface area contributed by atoms with Gasteiger partial charge in [-0.3, -0.25) is 4.79 Å². The smallest absolute Gasteiger partial charge is 0.240 e. The van der Waals surface area contributed by atoms with Crippen LogP contribution >= 0.6 is 11.3 Å². The fraction of sp³-hybridized carbons (Fsp3) is 0.375. The fourth-order valence-corrected chi connectivity index (χ4v) is 2.86. The summed E-state index contributed by atoms with van der Waals surface area (Å²) in [6, 6.07) is 10.0. The molecule has 1 aromatic carbocycles. The van der Waals surface area contributed by atoms with E-state index < -0.39 is 0 Å². The highest BCUT2D eigenvalue weighted by Crippen LogP contribution is 2.18. The molecule has 1 aromatic heterocycles. The number of aryl methyl sites for hydroxylation is 1. The standard InChI is InChI=1S/C16H21N3O2S/c1-12-11-22-16(18-12)19-15(21)10-17-14(8-5-9-20)13-6-3-2-4-7-13/h2-4,6-7,11,14,17,20H,5,8-10H2,1H3,(H,18,19,21). The summed E-state index contributed by atoms with van der Waals surface area (Å²) in [4.78, 5) is 16.2. The molecule has 0 spiro atoms. The highest BCUT2D eigenvalue weighted by atomic mass is 32.1. The number of nitrogens with zero attached hydrogens (tertiary/aromatic N) is 1. The van der Waals surface area contributed by atoms with Gasteiger partial charge in [-0.15, -0.1) is 11.3 Å². The van der Waals surface area contributed by atoms with Crippen molar-refractivity contribution in [2.45, 2.75) is 25.8 Å². The molecule has 1 unspecified atom stereocenters. The maximum Gasteiger partial charge on any atom is 0.240 e. The average Bonchev–Trinajstić information content (AvgIpc) is 2.93. The number of carbonyl (C=O) groups is 1. The van der Waals surface area contributed by atoms with Crippen LogP contribution in [0.2, 0.25) is 0 Å². The molecule has 2 aromatic rings. The van der Waals surface area contributed by atoms with Gasteiger partial charge in [0.15, 0.2) is 5.13 Å². The lowest BCUT2D eigenvalue weighted by Crippen LogP contribution is -2.31. The van der Waals surface area contributed by atoms with Gasteiger partial charge < -0.3 is 15.7 Å². The molecular formula is C16H21N3O2S. The molecule has 118 valence electrons. The number of nitrogens with one attached hydrogen (secondary N) is 2. The summed E-state index contributed by atoms with van der Waals surface area (Å²) in [6.45, 7) is 2.25. The van der Waals surface area contributed by atoms with Crippen LogP contribution in [-0.4, -0.2) is 29.1 Å². The Balaban J connectivity index is 1.88. The molecule has 0 aliphatic heterocycles. The molecule has 3 N–H and O–H groups in total. The Hall–Kier alpha value is -1.76. The van der Waals surface area contributed by atoms with Gasteiger partial charge in [-0.05, 0) is 25.3 Å². The summed E-state index contributed by atoms with van der Waals surface area (Å²) < 4.78 is 0. The molecule has 0 saturated heterocycles. The van der Waals surface area contributed by atoms with Gasteiger partial charge in [0, 0.05) is 18.0 Å². The van der Waals surface area contributed by atoms with E-state index in [1.807, 2.05) is 42.6 Å². The summed E-state index contributed by atoms with van der Waals surface area (Å²) in [7, 11) is 0. The minimum Gasteiger partial charge on any atom is -0.396 e. The van der Waals surface area contributed by atoms with Crippen LogP contribution < -0.4 is 10.6 Å². The van der Waals surface area contributed by atoms with Crippen molar-refractivity contribution in [2.75, 3.05) is 18.5 Å². The van der Waals surface area contributed by atoms with Crippen molar-refractivity contribution in [1.82, 2.24) is 10.3 Å². The minimum atomic E-state index is -0.112. The molecule has 0 saturated carbocycles. The number of hydrogen-bond donors (Lipinski definition) is 3. The van der Waals surface area contributed by atoms with Crippen molar-refractivity contribution in [3.8, 4) is 0 Å². The highest BCUT2D eigenvalue weighted by molar-refractivity contribution is 7.13. The van der Waals surface area contributed by atoms with Gasteiger partial charge >= 0.3 is 0 Å². The van der Waals surface area contributed by atoms with Gasteiger partial charge in [0.2, 0.25) is 5.91 Å². The third-order valence-corrected chi connectivity index (χ3v) is 4.10. The van der Waals surface area contributed by atoms with Gasteiger partial charge in [-0.2, -0.15) is 0 Å². The summed E-state index contributed by atoms with van der Waals surface area (Å²) in [5.41, 5.74) is 2.02. The van der Waals surface area contributed by atoms with E-state index in [4.69, 9.17) is 5.11 Å². The number of benzene rings is 1. The Kier molecular flexibility index (Phi) is 6.51. The molecule has 0 fully saturated rings. The summed E-state index contributed by atoms with van der Waals surface area (Å²) >= 11 is 1.42. The van der Waals surface area contributed by atoms with E-state index in [9.17, 15) is 4.79 Å². The number of aliphatic hydroxyl groups excluding tert-OH is 1. The van der Waals surface area contributed by atoms with Crippen molar-refractivity contribution in [1.29, 1.82) is 0 Å². The van der Waals surface area contributed by atoms with E-state index in [1.54, 1.807) is 0 Å². The number of rotatable bonds is 8.